The van der Waals surface area contributed by atoms with Crippen LogP contribution >= 0.6 is 11.6 Å². The number of anilines is 1. The minimum Gasteiger partial charge on any atom is -0.495 e. The molecule has 0 aliphatic rings. The number of carbonyl (C=O) groups excluding carboxylic acids is 1. The second-order valence-corrected chi connectivity index (χ2v) is 6.60. The van der Waals surface area contributed by atoms with Crippen LogP contribution in [0, 0.1) is 0 Å². The molecule has 0 atom stereocenters. The molecule has 4 rings (SSSR count). The van der Waals surface area contributed by atoms with Gasteiger partial charge in [-0.05, 0) is 30.3 Å². The molecule has 2 heterocycles. The predicted molar refractivity (Wildman–Crippen MR) is 112 cm³/mol. The summed E-state index contributed by atoms with van der Waals surface area (Å²) in [5.41, 5.74) is 2.14. The third kappa shape index (κ3) is 3.62. The molecule has 4 aromatic rings. The van der Waals surface area contributed by atoms with Crippen molar-refractivity contribution in [3.8, 4) is 23.0 Å². The minimum atomic E-state index is -0.323. The molecule has 0 saturated heterocycles. The third-order valence-electron chi connectivity index (χ3n) is 4.46. The molecule has 0 spiro atoms. The number of hydrogen-bond acceptors (Lipinski definition) is 5. The molecule has 1 N–H and O–H groups in total. The van der Waals surface area contributed by atoms with E-state index in [9.17, 15) is 4.79 Å². The summed E-state index contributed by atoms with van der Waals surface area (Å²) in [4.78, 5) is 17.8. The Balaban J connectivity index is 1.79. The zero-order valence-electron chi connectivity index (χ0n) is 15.7. The third-order valence-corrected chi connectivity index (χ3v) is 4.75. The van der Waals surface area contributed by atoms with E-state index in [-0.39, 0.29) is 5.91 Å². The maximum Gasteiger partial charge on any atom is 0.256 e. The Hall–Kier alpha value is -3.51. The number of hydrogen-bond donors (Lipinski definition) is 1. The first-order valence-electron chi connectivity index (χ1n) is 8.77. The van der Waals surface area contributed by atoms with Gasteiger partial charge in [-0.15, -0.1) is 0 Å². The van der Waals surface area contributed by atoms with Gasteiger partial charge in [0.25, 0.3) is 5.91 Å². The highest BCUT2D eigenvalue weighted by Crippen LogP contribution is 2.36. The monoisotopic (exact) mass is 408 g/mol. The molecular formula is C22H17ClN2O4. The zero-order valence-corrected chi connectivity index (χ0v) is 16.5. The van der Waals surface area contributed by atoms with Gasteiger partial charge in [-0.1, -0.05) is 29.8 Å². The van der Waals surface area contributed by atoms with Crippen molar-refractivity contribution in [3.63, 3.8) is 0 Å². The number of nitrogens with one attached hydrogen (secondary N) is 1. The van der Waals surface area contributed by atoms with Gasteiger partial charge in [0.2, 0.25) is 0 Å². The van der Waals surface area contributed by atoms with Crippen LogP contribution in [0.25, 0.3) is 22.4 Å². The fourth-order valence-electron chi connectivity index (χ4n) is 3.06. The molecule has 0 saturated carbocycles. The second kappa shape index (κ2) is 7.85. The van der Waals surface area contributed by atoms with Crippen molar-refractivity contribution in [1.82, 2.24) is 4.98 Å². The number of furan rings is 1. The Morgan fingerprint density at radius 3 is 2.55 bits per heavy atom. The second-order valence-electron chi connectivity index (χ2n) is 6.19. The van der Waals surface area contributed by atoms with E-state index in [2.05, 4.69) is 10.3 Å². The Morgan fingerprint density at radius 2 is 1.83 bits per heavy atom. The van der Waals surface area contributed by atoms with E-state index in [0.717, 1.165) is 5.39 Å². The first kappa shape index (κ1) is 18.8. The first-order valence-corrected chi connectivity index (χ1v) is 9.15. The summed E-state index contributed by atoms with van der Waals surface area (Å²) in [6.07, 6.45) is 1.57. The van der Waals surface area contributed by atoms with Gasteiger partial charge in [0, 0.05) is 11.5 Å². The van der Waals surface area contributed by atoms with E-state index >= 15 is 0 Å². The van der Waals surface area contributed by atoms with E-state index in [0.29, 0.717) is 44.7 Å². The number of amides is 1. The Morgan fingerprint density at radius 1 is 1.03 bits per heavy atom. The lowest BCUT2D eigenvalue weighted by Crippen LogP contribution is -2.14. The summed E-state index contributed by atoms with van der Waals surface area (Å²) in [5, 5.41) is 3.95. The molecule has 0 aliphatic carbocycles. The maximum atomic E-state index is 13.2. The Labute approximate surface area is 172 Å². The van der Waals surface area contributed by atoms with Gasteiger partial charge < -0.3 is 19.2 Å². The molecule has 1 amide bonds. The van der Waals surface area contributed by atoms with Crippen LogP contribution in [0.15, 0.2) is 65.3 Å². The van der Waals surface area contributed by atoms with E-state index in [1.807, 2.05) is 24.3 Å². The Bertz CT molecular complexity index is 1190. The number of ether oxygens (including phenoxy) is 2. The number of benzene rings is 2. The predicted octanol–water partition coefficient (Wildman–Crippen LogP) is 5.42. The molecule has 2 aromatic heterocycles. The number of halogens is 1. The van der Waals surface area contributed by atoms with Gasteiger partial charge in [0.15, 0.2) is 5.76 Å². The van der Waals surface area contributed by atoms with E-state index in [1.165, 1.54) is 14.2 Å². The number of fused-ring (bicyclic) bond motifs is 1. The molecule has 2 aromatic carbocycles. The van der Waals surface area contributed by atoms with Crippen molar-refractivity contribution >= 4 is 34.1 Å². The lowest BCUT2D eigenvalue weighted by atomic mass is 10.1. The maximum absolute atomic E-state index is 13.2. The summed E-state index contributed by atoms with van der Waals surface area (Å²) in [6, 6.07) is 15.9. The van der Waals surface area contributed by atoms with Crippen LogP contribution in [0.2, 0.25) is 5.02 Å². The topological polar surface area (TPSA) is 73.6 Å². The zero-order chi connectivity index (χ0) is 20.4. The van der Waals surface area contributed by atoms with Crippen molar-refractivity contribution in [1.29, 1.82) is 0 Å². The fraction of sp³-hybridized carbons (Fsp3) is 0.0909. The average Bonchev–Trinajstić information content (AvgIpc) is 3.28. The van der Waals surface area contributed by atoms with Crippen LogP contribution in [0.5, 0.6) is 11.5 Å². The molecule has 6 nitrogen and oxygen atoms in total. The van der Waals surface area contributed by atoms with Gasteiger partial charge in [0.1, 0.15) is 17.2 Å². The number of para-hydroxylation sites is 1. The standard InChI is InChI=1S/C22H17ClN2O4/c1-27-20-12-21(28-2)18(11-15(20)23)25-22(26)14-10-17(19-8-5-9-29-19)24-16-7-4-3-6-13(14)16/h3-12H,1-2H3,(H,25,26). The van der Waals surface area contributed by atoms with Crippen molar-refractivity contribution in [2.45, 2.75) is 0 Å². The van der Waals surface area contributed by atoms with Crippen molar-refractivity contribution in [2.75, 3.05) is 19.5 Å². The largest absolute Gasteiger partial charge is 0.495 e. The highest BCUT2D eigenvalue weighted by molar-refractivity contribution is 6.32. The molecule has 7 heteroatoms. The normalized spacial score (nSPS) is 10.7. The van der Waals surface area contributed by atoms with E-state index < -0.39 is 0 Å². The van der Waals surface area contributed by atoms with Crippen LogP contribution in [-0.2, 0) is 0 Å². The van der Waals surface area contributed by atoms with Gasteiger partial charge >= 0.3 is 0 Å². The van der Waals surface area contributed by atoms with Crippen molar-refractivity contribution < 1.29 is 18.7 Å². The number of carbonyl (C=O) groups is 1. The van der Waals surface area contributed by atoms with Crippen LogP contribution in [-0.4, -0.2) is 25.1 Å². The number of nitrogens with zero attached hydrogens (tertiary/aromatic N) is 1. The summed E-state index contributed by atoms with van der Waals surface area (Å²) in [5.74, 6) is 1.14. The van der Waals surface area contributed by atoms with E-state index in [1.54, 1.807) is 36.6 Å². The smallest absolute Gasteiger partial charge is 0.256 e. The highest BCUT2D eigenvalue weighted by atomic mass is 35.5. The fourth-order valence-corrected chi connectivity index (χ4v) is 3.30. The van der Waals surface area contributed by atoms with Gasteiger partial charge in [-0.3, -0.25) is 4.79 Å². The number of methoxy groups -OCH3 is 2. The molecule has 0 unspecified atom stereocenters. The van der Waals surface area contributed by atoms with Crippen LogP contribution in [0.3, 0.4) is 0 Å². The van der Waals surface area contributed by atoms with Crippen LogP contribution in [0.4, 0.5) is 5.69 Å². The molecule has 0 fully saturated rings. The minimum absolute atomic E-state index is 0.323. The molecule has 0 radical (unpaired) electrons. The molecule has 29 heavy (non-hydrogen) atoms. The SMILES string of the molecule is COc1cc(OC)c(NC(=O)c2cc(-c3ccco3)nc3ccccc23)cc1Cl. The molecule has 146 valence electrons. The van der Waals surface area contributed by atoms with Crippen molar-refractivity contribution in [2.24, 2.45) is 0 Å². The van der Waals surface area contributed by atoms with Gasteiger partial charge in [-0.2, -0.15) is 0 Å². The van der Waals surface area contributed by atoms with Crippen LogP contribution in [0.1, 0.15) is 10.4 Å². The van der Waals surface area contributed by atoms with Gasteiger partial charge in [-0.25, -0.2) is 4.98 Å². The highest BCUT2D eigenvalue weighted by Gasteiger charge is 2.18. The molecular weight excluding hydrogens is 392 g/mol. The number of pyridine rings is 1. The molecule has 0 aliphatic heterocycles. The van der Waals surface area contributed by atoms with E-state index in [4.69, 9.17) is 25.5 Å². The van der Waals surface area contributed by atoms with Crippen molar-refractivity contribution in [3.05, 3.63) is 71.4 Å². The summed E-state index contributed by atoms with van der Waals surface area (Å²) in [6.45, 7) is 0. The average molecular weight is 409 g/mol. The lowest BCUT2D eigenvalue weighted by molar-refractivity contribution is 0.102. The number of rotatable bonds is 5. The summed E-state index contributed by atoms with van der Waals surface area (Å²) >= 11 is 6.22. The Kier molecular flexibility index (Phi) is 5.10. The quantitative estimate of drug-likeness (QED) is 0.477. The first-order chi connectivity index (χ1) is 14.1. The number of aromatic nitrogens is 1. The van der Waals surface area contributed by atoms with Gasteiger partial charge in [0.05, 0.1) is 42.3 Å². The summed E-state index contributed by atoms with van der Waals surface area (Å²) < 4.78 is 16.0. The lowest BCUT2D eigenvalue weighted by Gasteiger charge is -2.14. The molecule has 0 bridgehead atoms. The van der Waals surface area contributed by atoms with Crippen LogP contribution < -0.4 is 14.8 Å². The summed E-state index contributed by atoms with van der Waals surface area (Å²) in [7, 11) is 3.02.